The van der Waals surface area contributed by atoms with Gasteiger partial charge in [0.05, 0.1) is 5.60 Å². The largest absolute Gasteiger partial charge is 0.388 e. The SMILES string of the molecule is O=C(NCC1CCCN(Cc2ccccc2)C1)NCC1(O)CCOCC1. The Morgan fingerprint density at radius 3 is 2.77 bits per heavy atom. The Hall–Kier alpha value is -1.63. The van der Waals surface area contributed by atoms with E-state index in [4.69, 9.17) is 4.74 Å². The van der Waals surface area contributed by atoms with Crippen LogP contribution in [0.1, 0.15) is 31.2 Å². The Bertz CT molecular complexity index is 561. The topological polar surface area (TPSA) is 73.8 Å². The second kappa shape index (κ2) is 9.35. The molecule has 6 nitrogen and oxygen atoms in total. The van der Waals surface area contributed by atoms with Crippen molar-refractivity contribution >= 4 is 6.03 Å². The number of urea groups is 1. The lowest BCUT2D eigenvalue weighted by atomic mass is 9.94. The van der Waals surface area contributed by atoms with Gasteiger partial charge in [0.1, 0.15) is 0 Å². The number of hydrogen-bond acceptors (Lipinski definition) is 4. The van der Waals surface area contributed by atoms with Crippen LogP contribution in [0.2, 0.25) is 0 Å². The zero-order valence-electron chi connectivity index (χ0n) is 15.5. The number of benzene rings is 1. The molecular weight excluding hydrogens is 330 g/mol. The Labute approximate surface area is 155 Å². The smallest absolute Gasteiger partial charge is 0.314 e. The number of hydrogen-bond donors (Lipinski definition) is 3. The van der Waals surface area contributed by atoms with Gasteiger partial charge < -0.3 is 20.5 Å². The molecule has 26 heavy (non-hydrogen) atoms. The Morgan fingerprint density at radius 1 is 1.23 bits per heavy atom. The maximum Gasteiger partial charge on any atom is 0.314 e. The highest BCUT2D eigenvalue weighted by Crippen LogP contribution is 2.20. The molecule has 0 aromatic heterocycles. The summed E-state index contributed by atoms with van der Waals surface area (Å²) in [4.78, 5) is 14.5. The summed E-state index contributed by atoms with van der Waals surface area (Å²) in [5.74, 6) is 0.476. The number of aliphatic hydroxyl groups is 1. The number of carbonyl (C=O) groups is 1. The summed E-state index contributed by atoms with van der Waals surface area (Å²) in [6.07, 6.45) is 3.46. The molecule has 2 amide bonds. The average molecular weight is 361 g/mol. The Morgan fingerprint density at radius 2 is 2.00 bits per heavy atom. The van der Waals surface area contributed by atoms with Crippen molar-refractivity contribution in [2.45, 2.75) is 37.8 Å². The maximum atomic E-state index is 12.1. The van der Waals surface area contributed by atoms with E-state index >= 15 is 0 Å². The molecule has 0 spiro atoms. The standard InChI is InChI=1S/C20H31N3O3/c24-19(22-16-20(25)8-11-26-12-9-20)21-13-18-7-4-10-23(15-18)14-17-5-2-1-3-6-17/h1-3,5-6,18,25H,4,7-16H2,(H2,21,22,24). The summed E-state index contributed by atoms with van der Waals surface area (Å²) in [7, 11) is 0. The van der Waals surface area contributed by atoms with Crippen molar-refractivity contribution in [1.29, 1.82) is 0 Å². The van der Waals surface area contributed by atoms with Crippen LogP contribution in [0.15, 0.2) is 30.3 Å². The molecule has 144 valence electrons. The van der Waals surface area contributed by atoms with Gasteiger partial charge in [-0.25, -0.2) is 4.79 Å². The van der Waals surface area contributed by atoms with E-state index in [9.17, 15) is 9.90 Å². The predicted octanol–water partition coefficient (Wildman–Crippen LogP) is 1.74. The van der Waals surface area contributed by atoms with E-state index in [-0.39, 0.29) is 12.6 Å². The van der Waals surface area contributed by atoms with Crippen LogP contribution in [0.4, 0.5) is 4.79 Å². The monoisotopic (exact) mass is 361 g/mol. The van der Waals surface area contributed by atoms with Gasteiger partial charge in [-0.3, -0.25) is 4.90 Å². The molecule has 2 aliphatic heterocycles. The van der Waals surface area contributed by atoms with Crippen LogP contribution in [0, 0.1) is 5.92 Å². The van der Waals surface area contributed by atoms with Gasteiger partial charge in [0.15, 0.2) is 0 Å². The normalized spacial score (nSPS) is 23.3. The zero-order valence-corrected chi connectivity index (χ0v) is 15.5. The molecule has 0 saturated carbocycles. The molecule has 6 heteroatoms. The molecule has 1 atom stereocenters. The van der Waals surface area contributed by atoms with Gasteiger partial charge in [0.25, 0.3) is 0 Å². The van der Waals surface area contributed by atoms with Crippen LogP contribution in [0.25, 0.3) is 0 Å². The lowest BCUT2D eigenvalue weighted by Crippen LogP contribution is -2.50. The first kappa shape index (κ1) is 19.1. The molecule has 2 fully saturated rings. The zero-order chi connectivity index (χ0) is 18.2. The van der Waals surface area contributed by atoms with Crippen LogP contribution in [0.5, 0.6) is 0 Å². The quantitative estimate of drug-likeness (QED) is 0.722. The molecule has 2 saturated heterocycles. The third-order valence-electron chi connectivity index (χ3n) is 5.40. The summed E-state index contributed by atoms with van der Waals surface area (Å²) in [5, 5.41) is 16.2. The third kappa shape index (κ3) is 5.97. The van der Waals surface area contributed by atoms with E-state index in [2.05, 4.69) is 39.8 Å². The molecule has 0 bridgehead atoms. The number of amides is 2. The van der Waals surface area contributed by atoms with Gasteiger partial charge in [0.2, 0.25) is 0 Å². The first-order valence-corrected chi connectivity index (χ1v) is 9.71. The van der Waals surface area contributed by atoms with E-state index in [1.807, 2.05) is 6.07 Å². The van der Waals surface area contributed by atoms with Crippen molar-refractivity contribution in [2.75, 3.05) is 39.4 Å². The second-order valence-corrected chi connectivity index (χ2v) is 7.63. The van der Waals surface area contributed by atoms with Crippen LogP contribution in [-0.2, 0) is 11.3 Å². The predicted molar refractivity (Wildman–Crippen MR) is 101 cm³/mol. The number of ether oxygens (including phenoxy) is 1. The van der Waals surface area contributed by atoms with Gasteiger partial charge >= 0.3 is 6.03 Å². The van der Waals surface area contributed by atoms with Crippen molar-refractivity contribution in [3.05, 3.63) is 35.9 Å². The molecule has 2 heterocycles. The number of piperidine rings is 1. The molecule has 0 aliphatic carbocycles. The lowest BCUT2D eigenvalue weighted by molar-refractivity contribution is -0.0600. The van der Waals surface area contributed by atoms with Gasteiger partial charge in [-0.1, -0.05) is 30.3 Å². The highest BCUT2D eigenvalue weighted by atomic mass is 16.5. The number of likely N-dealkylation sites (tertiary alicyclic amines) is 1. The minimum absolute atomic E-state index is 0.190. The lowest BCUT2D eigenvalue weighted by Gasteiger charge is -2.33. The molecule has 1 unspecified atom stereocenters. The van der Waals surface area contributed by atoms with Crippen molar-refractivity contribution in [3.63, 3.8) is 0 Å². The van der Waals surface area contributed by atoms with Gasteiger partial charge in [-0.05, 0) is 30.9 Å². The fourth-order valence-corrected chi connectivity index (χ4v) is 3.78. The molecular formula is C20H31N3O3. The molecule has 1 aromatic carbocycles. The van der Waals surface area contributed by atoms with Crippen molar-refractivity contribution < 1.29 is 14.6 Å². The van der Waals surface area contributed by atoms with Gasteiger partial charge in [0, 0.05) is 52.2 Å². The first-order valence-electron chi connectivity index (χ1n) is 9.71. The van der Waals surface area contributed by atoms with E-state index < -0.39 is 5.60 Å². The van der Waals surface area contributed by atoms with Crippen LogP contribution in [-0.4, -0.2) is 61.0 Å². The van der Waals surface area contributed by atoms with E-state index in [1.54, 1.807) is 0 Å². The molecule has 3 N–H and O–H groups in total. The fraction of sp³-hybridized carbons (Fsp3) is 0.650. The number of nitrogens with zero attached hydrogens (tertiary/aromatic N) is 1. The van der Waals surface area contributed by atoms with Crippen molar-refractivity contribution in [1.82, 2.24) is 15.5 Å². The second-order valence-electron chi connectivity index (χ2n) is 7.63. The van der Waals surface area contributed by atoms with E-state index in [0.717, 1.165) is 26.1 Å². The minimum Gasteiger partial charge on any atom is -0.388 e. The van der Waals surface area contributed by atoms with E-state index in [0.29, 0.717) is 38.5 Å². The molecule has 1 aromatic rings. The van der Waals surface area contributed by atoms with Crippen LogP contribution >= 0.6 is 0 Å². The number of carbonyl (C=O) groups excluding carboxylic acids is 1. The molecule has 2 aliphatic rings. The number of rotatable bonds is 6. The average Bonchev–Trinajstić information content (AvgIpc) is 2.67. The third-order valence-corrected chi connectivity index (χ3v) is 5.40. The highest BCUT2D eigenvalue weighted by Gasteiger charge is 2.30. The summed E-state index contributed by atoms with van der Waals surface area (Å²) < 4.78 is 5.26. The minimum atomic E-state index is -0.826. The molecule has 0 radical (unpaired) electrons. The summed E-state index contributed by atoms with van der Waals surface area (Å²) in [6.45, 7) is 5.17. The van der Waals surface area contributed by atoms with Crippen molar-refractivity contribution in [2.24, 2.45) is 5.92 Å². The number of nitrogens with one attached hydrogen (secondary N) is 2. The highest BCUT2D eigenvalue weighted by molar-refractivity contribution is 5.73. The van der Waals surface area contributed by atoms with E-state index in [1.165, 1.54) is 12.0 Å². The summed E-state index contributed by atoms with van der Waals surface area (Å²) >= 11 is 0. The first-order chi connectivity index (χ1) is 12.6. The summed E-state index contributed by atoms with van der Waals surface area (Å²) in [6, 6.07) is 10.3. The maximum absolute atomic E-state index is 12.1. The Kier molecular flexibility index (Phi) is 6.88. The van der Waals surface area contributed by atoms with Crippen LogP contribution < -0.4 is 10.6 Å². The summed E-state index contributed by atoms with van der Waals surface area (Å²) in [5.41, 5.74) is 0.510. The van der Waals surface area contributed by atoms with Gasteiger partial charge in [-0.15, -0.1) is 0 Å². The van der Waals surface area contributed by atoms with Crippen molar-refractivity contribution in [3.8, 4) is 0 Å². The van der Waals surface area contributed by atoms with Crippen LogP contribution in [0.3, 0.4) is 0 Å². The Balaban J connectivity index is 1.36. The molecule has 3 rings (SSSR count). The fourth-order valence-electron chi connectivity index (χ4n) is 3.78. The van der Waals surface area contributed by atoms with Gasteiger partial charge in [-0.2, -0.15) is 0 Å².